The minimum atomic E-state index is -0.439. The summed E-state index contributed by atoms with van der Waals surface area (Å²) in [7, 11) is 0. The summed E-state index contributed by atoms with van der Waals surface area (Å²) in [4.78, 5) is 15.8. The molecule has 0 saturated heterocycles. The molecule has 5 rings (SSSR count). The summed E-state index contributed by atoms with van der Waals surface area (Å²) in [5, 5.41) is 0. The maximum atomic E-state index is 6.35. The number of benzene rings is 1. The van der Waals surface area contributed by atoms with Gasteiger partial charge in [-0.2, -0.15) is 4.99 Å². The number of guanidine groups is 2. The Labute approximate surface area is 163 Å². The molecule has 0 unspecified atom stereocenters. The lowest BCUT2D eigenvalue weighted by molar-refractivity contribution is 0.305. The maximum absolute atomic E-state index is 6.35. The van der Waals surface area contributed by atoms with E-state index in [-0.39, 0.29) is 5.96 Å². The molecule has 1 saturated carbocycles. The summed E-state index contributed by atoms with van der Waals surface area (Å²) >= 11 is 0. The number of aliphatic imine (C=N–C) groups is 2. The van der Waals surface area contributed by atoms with E-state index in [0.717, 1.165) is 48.3 Å². The molecule has 2 aromatic heterocycles. The van der Waals surface area contributed by atoms with E-state index in [1.807, 2.05) is 41.1 Å². The van der Waals surface area contributed by atoms with Crippen LogP contribution in [0.5, 0.6) is 0 Å². The highest BCUT2D eigenvalue weighted by Crippen LogP contribution is 2.40. The molecular weight excluding hydrogens is 350 g/mol. The Morgan fingerprint density at radius 1 is 0.964 bits per heavy atom. The third-order valence-electron chi connectivity index (χ3n) is 5.62. The van der Waals surface area contributed by atoms with E-state index in [9.17, 15) is 0 Å². The van der Waals surface area contributed by atoms with Crippen LogP contribution in [0.4, 0.5) is 5.69 Å². The monoisotopic (exact) mass is 373 g/mol. The third-order valence-corrected chi connectivity index (χ3v) is 5.62. The number of nitrogens with two attached hydrogens (primary N) is 2. The van der Waals surface area contributed by atoms with Gasteiger partial charge in [-0.05, 0) is 49.9 Å². The first-order valence-electron chi connectivity index (χ1n) is 9.69. The summed E-state index contributed by atoms with van der Waals surface area (Å²) in [6, 6.07) is 14.2. The molecule has 3 aromatic rings. The summed E-state index contributed by atoms with van der Waals surface area (Å²) in [6.45, 7) is 0. The fourth-order valence-corrected chi connectivity index (χ4v) is 4.37. The number of rotatable bonds is 2. The molecule has 3 heterocycles. The quantitative estimate of drug-likeness (QED) is 0.721. The van der Waals surface area contributed by atoms with E-state index in [2.05, 4.69) is 28.1 Å². The minimum absolute atomic E-state index is 0.271. The number of imidazole rings is 1. The minimum Gasteiger partial charge on any atom is -0.369 e. The molecular formula is C21H23N7. The van der Waals surface area contributed by atoms with Crippen molar-refractivity contribution in [3.05, 3.63) is 54.9 Å². The van der Waals surface area contributed by atoms with E-state index >= 15 is 0 Å². The second-order valence-electron chi connectivity index (χ2n) is 7.46. The number of anilines is 1. The van der Waals surface area contributed by atoms with Gasteiger partial charge in [0.15, 0.2) is 0 Å². The van der Waals surface area contributed by atoms with Crippen molar-refractivity contribution in [2.75, 3.05) is 4.90 Å². The van der Waals surface area contributed by atoms with Gasteiger partial charge in [-0.25, -0.2) is 9.98 Å². The normalized spacial score (nSPS) is 18.9. The van der Waals surface area contributed by atoms with Gasteiger partial charge in [0.05, 0.1) is 5.69 Å². The second kappa shape index (κ2) is 6.37. The van der Waals surface area contributed by atoms with Gasteiger partial charge in [0.1, 0.15) is 11.3 Å². The van der Waals surface area contributed by atoms with Gasteiger partial charge in [0.2, 0.25) is 11.9 Å². The Morgan fingerprint density at radius 2 is 1.82 bits per heavy atom. The van der Waals surface area contributed by atoms with Gasteiger partial charge in [-0.3, -0.25) is 4.90 Å². The molecule has 1 aliphatic carbocycles. The fraction of sp³-hybridized carbons (Fsp3) is 0.286. The smallest absolute Gasteiger partial charge is 0.220 e. The van der Waals surface area contributed by atoms with Crippen LogP contribution in [-0.4, -0.2) is 27.0 Å². The van der Waals surface area contributed by atoms with Crippen molar-refractivity contribution in [2.45, 2.75) is 37.8 Å². The van der Waals surface area contributed by atoms with Crippen molar-refractivity contribution in [2.24, 2.45) is 21.5 Å². The number of hydrogen-bond donors (Lipinski definition) is 2. The lowest BCUT2D eigenvalue weighted by Gasteiger charge is -2.45. The zero-order chi connectivity index (χ0) is 19.1. The second-order valence-corrected chi connectivity index (χ2v) is 7.46. The molecule has 28 heavy (non-hydrogen) atoms. The van der Waals surface area contributed by atoms with Crippen LogP contribution in [0.25, 0.3) is 16.9 Å². The molecule has 1 aliphatic heterocycles. The summed E-state index contributed by atoms with van der Waals surface area (Å²) < 4.78 is 2.02. The number of aromatic nitrogens is 2. The maximum Gasteiger partial charge on any atom is 0.220 e. The van der Waals surface area contributed by atoms with E-state index in [0.29, 0.717) is 5.96 Å². The average Bonchev–Trinajstić information content (AvgIpc) is 3.12. The Balaban J connectivity index is 1.59. The van der Waals surface area contributed by atoms with Gasteiger partial charge in [0.25, 0.3) is 0 Å². The van der Waals surface area contributed by atoms with Crippen LogP contribution in [0.1, 0.15) is 32.1 Å². The zero-order valence-electron chi connectivity index (χ0n) is 15.6. The Hall–Kier alpha value is -3.35. The fourth-order valence-electron chi connectivity index (χ4n) is 4.37. The lowest BCUT2D eigenvalue weighted by Crippen LogP contribution is -2.58. The van der Waals surface area contributed by atoms with Crippen molar-refractivity contribution < 1.29 is 0 Å². The van der Waals surface area contributed by atoms with Gasteiger partial charge in [-0.15, -0.1) is 0 Å². The molecule has 1 spiro atoms. The first-order chi connectivity index (χ1) is 13.6. The SMILES string of the molecule is NC1=NC2(CCCCC2)N(c2cccc(-c3cn4ccccc4n3)c2)C(N)=N1. The topological polar surface area (TPSA) is 97.3 Å². The summed E-state index contributed by atoms with van der Waals surface area (Å²) in [5.74, 6) is 0.675. The Kier molecular flexibility index (Phi) is 3.82. The summed E-state index contributed by atoms with van der Waals surface area (Å²) in [6.07, 6.45) is 9.29. The van der Waals surface area contributed by atoms with Crippen molar-refractivity contribution in [1.29, 1.82) is 0 Å². The van der Waals surface area contributed by atoms with Crippen molar-refractivity contribution >= 4 is 23.3 Å². The van der Waals surface area contributed by atoms with Crippen LogP contribution in [0.15, 0.2) is 64.8 Å². The highest BCUT2D eigenvalue weighted by molar-refractivity contribution is 6.05. The van der Waals surface area contributed by atoms with Crippen molar-refractivity contribution in [1.82, 2.24) is 9.38 Å². The number of fused-ring (bicyclic) bond motifs is 1. The van der Waals surface area contributed by atoms with E-state index in [1.165, 1.54) is 6.42 Å². The number of hydrogen-bond acceptors (Lipinski definition) is 6. The molecule has 0 amide bonds. The van der Waals surface area contributed by atoms with Gasteiger partial charge >= 0.3 is 0 Å². The number of nitrogens with zero attached hydrogens (tertiary/aromatic N) is 5. The number of pyridine rings is 1. The molecule has 142 valence electrons. The first kappa shape index (κ1) is 16.8. The molecule has 0 bridgehead atoms. The lowest BCUT2D eigenvalue weighted by atomic mass is 9.87. The van der Waals surface area contributed by atoms with Crippen molar-refractivity contribution in [3.8, 4) is 11.3 Å². The zero-order valence-corrected chi connectivity index (χ0v) is 15.6. The van der Waals surface area contributed by atoms with E-state index in [1.54, 1.807) is 0 Å². The standard InChI is InChI=1S/C21H23N7/c22-19-25-20(23)28(21(26-19)10-3-1-4-11-21)16-8-6-7-15(13-16)17-14-27-12-5-2-9-18(27)24-17/h2,5-9,12-14H,1,3-4,10-11H2,(H4,22,23,25,26). The van der Waals surface area contributed by atoms with Crippen LogP contribution in [-0.2, 0) is 0 Å². The van der Waals surface area contributed by atoms with Gasteiger partial charge in [0, 0.05) is 23.6 Å². The van der Waals surface area contributed by atoms with E-state index in [4.69, 9.17) is 21.4 Å². The highest BCUT2D eigenvalue weighted by Gasteiger charge is 2.42. The summed E-state index contributed by atoms with van der Waals surface area (Å²) in [5.41, 5.74) is 15.7. The third kappa shape index (κ3) is 2.70. The molecule has 0 atom stereocenters. The van der Waals surface area contributed by atoms with Gasteiger partial charge < -0.3 is 15.9 Å². The average molecular weight is 373 g/mol. The molecule has 0 radical (unpaired) electrons. The van der Waals surface area contributed by atoms with Crippen LogP contribution in [0.3, 0.4) is 0 Å². The molecule has 7 heteroatoms. The van der Waals surface area contributed by atoms with Crippen LogP contribution < -0.4 is 16.4 Å². The molecule has 1 fully saturated rings. The molecule has 7 nitrogen and oxygen atoms in total. The molecule has 4 N–H and O–H groups in total. The largest absolute Gasteiger partial charge is 0.369 e. The van der Waals surface area contributed by atoms with Crippen LogP contribution in [0.2, 0.25) is 0 Å². The van der Waals surface area contributed by atoms with Crippen molar-refractivity contribution in [3.63, 3.8) is 0 Å². The molecule has 1 aromatic carbocycles. The first-order valence-corrected chi connectivity index (χ1v) is 9.69. The Bertz CT molecular complexity index is 1060. The predicted octanol–water partition coefficient (Wildman–Crippen LogP) is 3.11. The predicted molar refractivity (Wildman–Crippen MR) is 112 cm³/mol. The van der Waals surface area contributed by atoms with Crippen LogP contribution >= 0.6 is 0 Å². The van der Waals surface area contributed by atoms with Crippen LogP contribution in [0, 0.1) is 0 Å². The highest BCUT2D eigenvalue weighted by atomic mass is 15.4. The van der Waals surface area contributed by atoms with E-state index < -0.39 is 5.66 Å². The Morgan fingerprint density at radius 3 is 2.64 bits per heavy atom. The molecule has 2 aliphatic rings. The van der Waals surface area contributed by atoms with Gasteiger partial charge in [-0.1, -0.05) is 24.6 Å².